The minimum atomic E-state index is -1.09. The third kappa shape index (κ3) is 3.87. The Morgan fingerprint density at radius 3 is 2.52 bits per heavy atom. The number of carboxylic acids is 1. The van der Waals surface area contributed by atoms with Crippen LogP contribution in [0.15, 0.2) is 47.1 Å². The number of aromatic carboxylic acids is 1. The average molecular weight is 363 g/mol. The largest absolute Gasteiger partial charge is 0.478 e. The predicted molar refractivity (Wildman–Crippen MR) is 102 cm³/mol. The Labute approximate surface area is 153 Å². The van der Waals surface area contributed by atoms with Crippen LogP contribution in [0.2, 0.25) is 5.02 Å². The molecule has 0 unspecified atom stereocenters. The fourth-order valence-corrected chi connectivity index (χ4v) is 3.90. The van der Waals surface area contributed by atoms with Gasteiger partial charge in [0.15, 0.2) is 0 Å². The molecule has 134 valence electrons. The highest BCUT2D eigenvalue weighted by Crippen LogP contribution is 2.46. The quantitative estimate of drug-likeness (QED) is 0.596. The van der Waals surface area contributed by atoms with Crippen molar-refractivity contribution in [3.63, 3.8) is 0 Å². The SMILES string of the molecule is C=C(C(C)=C(F)c1ccc(C(=O)O)cc1Cl)C1=C(C)CCCC1(C)C. The first-order valence-electron chi connectivity index (χ1n) is 8.35. The highest BCUT2D eigenvalue weighted by atomic mass is 35.5. The summed E-state index contributed by atoms with van der Waals surface area (Å²) in [5, 5.41) is 9.09. The van der Waals surface area contributed by atoms with Gasteiger partial charge in [0.1, 0.15) is 5.83 Å². The summed E-state index contributed by atoms with van der Waals surface area (Å²) in [6.45, 7) is 12.3. The van der Waals surface area contributed by atoms with Crippen molar-refractivity contribution in [2.75, 3.05) is 0 Å². The molecule has 0 fully saturated rings. The molecule has 4 heteroatoms. The molecular weight excluding hydrogens is 339 g/mol. The maximum atomic E-state index is 15.1. The van der Waals surface area contributed by atoms with Crippen LogP contribution in [0.3, 0.4) is 0 Å². The number of carboxylic acid groups (broad SMARTS) is 1. The number of carbonyl (C=O) groups is 1. The van der Waals surface area contributed by atoms with E-state index in [1.165, 1.54) is 23.8 Å². The lowest BCUT2D eigenvalue weighted by atomic mass is 9.69. The van der Waals surface area contributed by atoms with E-state index in [1.54, 1.807) is 6.92 Å². The third-order valence-electron chi connectivity index (χ3n) is 4.99. The van der Waals surface area contributed by atoms with E-state index in [1.807, 2.05) is 0 Å². The van der Waals surface area contributed by atoms with E-state index in [2.05, 4.69) is 27.4 Å². The number of hydrogen-bond donors (Lipinski definition) is 1. The molecule has 0 aromatic heterocycles. The van der Waals surface area contributed by atoms with Crippen LogP contribution in [0.4, 0.5) is 4.39 Å². The van der Waals surface area contributed by atoms with Crippen molar-refractivity contribution in [1.82, 2.24) is 0 Å². The molecule has 1 aliphatic rings. The second-order valence-electron chi connectivity index (χ2n) is 7.31. The van der Waals surface area contributed by atoms with E-state index in [9.17, 15) is 4.79 Å². The van der Waals surface area contributed by atoms with Crippen molar-refractivity contribution in [2.24, 2.45) is 5.41 Å². The lowest BCUT2D eigenvalue weighted by Crippen LogP contribution is -2.22. The fraction of sp³-hybridized carbons (Fsp3) is 0.381. The Hall–Kier alpha value is -1.87. The highest BCUT2D eigenvalue weighted by Gasteiger charge is 2.31. The van der Waals surface area contributed by atoms with Crippen LogP contribution in [0, 0.1) is 5.41 Å². The summed E-state index contributed by atoms with van der Waals surface area (Å²) in [5.74, 6) is -1.56. The van der Waals surface area contributed by atoms with Crippen molar-refractivity contribution >= 4 is 23.4 Å². The minimum Gasteiger partial charge on any atom is -0.478 e. The zero-order valence-electron chi connectivity index (χ0n) is 15.2. The van der Waals surface area contributed by atoms with Gasteiger partial charge in [-0.3, -0.25) is 0 Å². The van der Waals surface area contributed by atoms with Gasteiger partial charge in [0.05, 0.1) is 10.6 Å². The Kier molecular flexibility index (Phi) is 5.58. The summed E-state index contributed by atoms with van der Waals surface area (Å²) in [5.41, 5.74) is 3.68. The summed E-state index contributed by atoms with van der Waals surface area (Å²) < 4.78 is 15.1. The van der Waals surface area contributed by atoms with E-state index in [0.717, 1.165) is 24.8 Å². The smallest absolute Gasteiger partial charge is 0.335 e. The maximum Gasteiger partial charge on any atom is 0.335 e. The molecule has 0 spiro atoms. The van der Waals surface area contributed by atoms with Crippen molar-refractivity contribution < 1.29 is 14.3 Å². The van der Waals surface area contributed by atoms with Gasteiger partial charge in [0.25, 0.3) is 0 Å². The number of rotatable bonds is 4. The van der Waals surface area contributed by atoms with Crippen molar-refractivity contribution in [3.05, 3.63) is 63.2 Å². The zero-order chi connectivity index (χ0) is 18.9. The molecule has 1 aromatic carbocycles. The summed E-state index contributed by atoms with van der Waals surface area (Å²) >= 11 is 6.11. The van der Waals surface area contributed by atoms with Crippen LogP contribution in [-0.4, -0.2) is 11.1 Å². The van der Waals surface area contributed by atoms with Gasteiger partial charge in [-0.15, -0.1) is 0 Å². The molecule has 0 atom stereocenters. The van der Waals surface area contributed by atoms with Crippen molar-refractivity contribution in [3.8, 4) is 0 Å². The number of benzene rings is 1. The second-order valence-corrected chi connectivity index (χ2v) is 7.72. The van der Waals surface area contributed by atoms with Crippen LogP contribution < -0.4 is 0 Å². The molecule has 0 aliphatic heterocycles. The molecular formula is C21H24ClFO2. The topological polar surface area (TPSA) is 37.3 Å². The van der Waals surface area contributed by atoms with Crippen LogP contribution in [0.5, 0.6) is 0 Å². The van der Waals surface area contributed by atoms with Gasteiger partial charge in [-0.05, 0) is 73.4 Å². The predicted octanol–water partition coefficient (Wildman–Crippen LogP) is 6.82. The molecule has 1 aromatic rings. The Morgan fingerprint density at radius 1 is 1.36 bits per heavy atom. The molecule has 1 aliphatic carbocycles. The lowest BCUT2D eigenvalue weighted by Gasteiger charge is -2.36. The molecule has 2 rings (SSSR count). The number of halogens is 2. The van der Waals surface area contributed by atoms with E-state index in [4.69, 9.17) is 16.7 Å². The molecule has 0 saturated heterocycles. The Morgan fingerprint density at radius 2 is 2.00 bits per heavy atom. The molecule has 0 heterocycles. The van der Waals surface area contributed by atoms with E-state index in [-0.39, 0.29) is 21.6 Å². The van der Waals surface area contributed by atoms with Gasteiger partial charge in [-0.1, -0.05) is 37.6 Å². The number of hydrogen-bond acceptors (Lipinski definition) is 1. The summed E-state index contributed by atoms with van der Waals surface area (Å²) in [4.78, 5) is 11.0. The van der Waals surface area contributed by atoms with Crippen LogP contribution >= 0.6 is 11.6 Å². The van der Waals surface area contributed by atoms with Gasteiger partial charge < -0.3 is 5.11 Å². The van der Waals surface area contributed by atoms with E-state index < -0.39 is 11.8 Å². The summed E-state index contributed by atoms with van der Waals surface area (Å²) in [6, 6.07) is 4.03. The minimum absolute atomic E-state index is 0.0324. The average Bonchev–Trinajstić information content (AvgIpc) is 2.52. The van der Waals surface area contributed by atoms with Crippen molar-refractivity contribution in [1.29, 1.82) is 0 Å². The second kappa shape index (κ2) is 7.17. The standard InChI is InChI=1S/C21H24ClFO2/c1-12-7-6-10-21(4,5)18(12)13(2)14(3)19(23)16-9-8-15(20(24)25)11-17(16)22/h8-9,11H,2,6-7,10H2,1,3-5H3,(H,24,25). The van der Waals surface area contributed by atoms with Crippen molar-refractivity contribution in [2.45, 2.75) is 47.0 Å². The first-order chi connectivity index (χ1) is 11.6. The van der Waals surface area contributed by atoms with Gasteiger partial charge in [-0.25, -0.2) is 9.18 Å². The molecule has 2 nitrogen and oxygen atoms in total. The molecule has 0 radical (unpaired) electrons. The van der Waals surface area contributed by atoms with Gasteiger partial charge in [-0.2, -0.15) is 0 Å². The van der Waals surface area contributed by atoms with E-state index >= 15 is 4.39 Å². The summed E-state index contributed by atoms with van der Waals surface area (Å²) in [6.07, 6.45) is 3.17. The molecule has 1 N–H and O–H groups in total. The maximum absolute atomic E-state index is 15.1. The first kappa shape index (κ1) is 19.5. The monoisotopic (exact) mass is 362 g/mol. The zero-order valence-corrected chi connectivity index (χ0v) is 15.9. The van der Waals surface area contributed by atoms with Gasteiger partial charge in [0.2, 0.25) is 0 Å². The molecule has 0 saturated carbocycles. The van der Waals surface area contributed by atoms with Crippen LogP contribution in [0.1, 0.15) is 62.9 Å². The van der Waals surface area contributed by atoms with Gasteiger partial charge >= 0.3 is 5.97 Å². The molecule has 0 bridgehead atoms. The van der Waals surface area contributed by atoms with Crippen LogP contribution in [0.25, 0.3) is 5.83 Å². The number of allylic oxidation sites excluding steroid dienone is 4. The Balaban J connectivity index is 2.49. The normalized spacial score (nSPS) is 18.0. The van der Waals surface area contributed by atoms with Gasteiger partial charge in [0, 0.05) is 5.56 Å². The molecule has 25 heavy (non-hydrogen) atoms. The fourth-order valence-electron chi connectivity index (χ4n) is 3.64. The third-order valence-corrected chi connectivity index (χ3v) is 5.31. The first-order valence-corrected chi connectivity index (χ1v) is 8.73. The highest BCUT2D eigenvalue weighted by molar-refractivity contribution is 6.32. The summed E-state index contributed by atoms with van der Waals surface area (Å²) in [7, 11) is 0. The lowest BCUT2D eigenvalue weighted by molar-refractivity contribution is 0.0697. The Bertz CT molecular complexity index is 800. The molecule has 0 amide bonds. The van der Waals surface area contributed by atoms with Crippen LogP contribution in [-0.2, 0) is 0 Å². The van der Waals surface area contributed by atoms with E-state index in [0.29, 0.717) is 11.1 Å².